The lowest BCUT2D eigenvalue weighted by Gasteiger charge is -2.30. The van der Waals surface area contributed by atoms with Gasteiger partial charge in [0.1, 0.15) is 11.5 Å². The van der Waals surface area contributed by atoms with Crippen molar-refractivity contribution in [3.05, 3.63) is 41.2 Å². The molecule has 6 nitrogen and oxygen atoms in total. The molecule has 2 aliphatic rings. The van der Waals surface area contributed by atoms with E-state index in [0.29, 0.717) is 24.7 Å². The first-order valence-corrected chi connectivity index (χ1v) is 12.9. The molecule has 1 fully saturated rings. The van der Waals surface area contributed by atoms with Crippen LogP contribution in [0.3, 0.4) is 0 Å². The Balaban J connectivity index is 1.16. The number of halogens is 2. The molecule has 0 radical (unpaired) electrons. The molecular formula is C27H37F2N3O3. The Morgan fingerprint density at radius 1 is 1.17 bits per heavy atom. The van der Waals surface area contributed by atoms with Crippen LogP contribution in [-0.4, -0.2) is 52.8 Å². The Morgan fingerprint density at radius 2 is 1.91 bits per heavy atom. The van der Waals surface area contributed by atoms with Crippen LogP contribution in [0.2, 0.25) is 0 Å². The van der Waals surface area contributed by atoms with Gasteiger partial charge in [0.05, 0.1) is 12.6 Å². The number of oxazole rings is 1. The number of aromatic nitrogens is 2. The van der Waals surface area contributed by atoms with E-state index in [1.807, 2.05) is 13.0 Å². The fraction of sp³-hybridized carbons (Fsp3) is 0.667. The zero-order valence-corrected chi connectivity index (χ0v) is 20.9. The van der Waals surface area contributed by atoms with Crippen LogP contribution in [0.4, 0.5) is 8.78 Å². The summed E-state index contributed by atoms with van der Waals surface area (Å²) in [6.45, 7) is 5.03. The highest BCUT2D eigenvalue weighted by atomic mass is 19.3. The summed E-state index contributed by atoms with van der Waals surface area (Å²) in [6.07, 6.45) is 10.1. The molecule has 0 N–H and O–H groups in total. The number of fused-ring (bicyclic) bond motifs is 1. The van der Waals surface area contributed by atoms with Crippen LogP contribution in [0.5, 0.6) is 5.88 Å². The number of ketones is 1. The van der Waals surface area contributed by atoms with Gasteiger partial charge >= 0.3 is 0 Å². The number of hydrogen-bond acceptors (Lipinski definition) is 6. The summed E-state index contributed by atoms with van der Waals surface area (Å²) >= 11 is 0. The van der Waals surface area contributed by atoms with E-state index in [1.165, 1.54) is 24.8 Å². The molecule has 3 heterocycles. The maximum absolute atomic E-state index is 13.1. The number of alkyl halides is 2. The summed E-state index contributed by atoms with van der Waals surface area (Å²) < 4.78 is 36.8. The van der Waals surface area contributed by atoms with Crippen molar-refractivity contribution >= 4 is 5.78 Å². The molecule has 0 amide bonds. The molecule has 35 heavy (non-hydrogen) atoms. The lowest BCUT2D eigenvalue weighted by atomic mass is 9.78. The van der Waals surface area contributed by atoms with Gasteiger partial charge in [-0.1, -0.05) is 18.9 Å². The summed E-state index contributed by atoms with van der Waals surface area (Å²) in [4.78, 5) is 23.5. The second-order valence-electron chi connectivity index (χ2n) is 10.4. The van der Waals surface area contributed by atoms with Crippen molar-refractivity contribution in [1.29, 1.82) is 0 Å². The summed E-state index contributed by atoms with van der Waals surface area (Å²) in [5.41, 5.74) is 2.16. The van der Waals surface area contributed by atoms with E-state index >= 15 is 0 Å². The van der Waals surface area contributed by atoms with Crippen molar-refractivity contribution in [2.75, 3.05) is 26.2 Å². The Hall–Kier alpha value is -2.35. The maximum atomic E-state index is 13.1. The van der Waals surface area contributed by atoms with Crippen LogP contribution < -0.4 is 4.74 Å². The Morgan fingerprint density at radius 3 is 2.63 bits per heavy atom. The average Bonchev–Trinajstić information content (AvgIpc) is 3.10. The number of hydrogen-bond donors (Lipinski definition) is 0. The highest BCUT2D eigenvalue weighted by Gasteiger charge is 2.25. The highest BCUT2D eigenvalue weighted by molar-refractivity contribution is 5.80. The van der Waals surface area contributed by atoms with Gasteiger partial charge in [0.15, 0.2) is 6.61 Å². The zero-order chi connectivity index (χ0) is 24.8. The molecule has 0 atom stereocenters. The predicted molar refractivity (Wildman–Crippen MR) is 129 cm³/mol. The van der Waals surface area contributed by atoms with Gasteiger partial charge in [-0.3, -0.25) is 4.79 Å². The van der Waals surface area contributed by atoms with Crippen LogP contribution in [-0.2, 0) is 24.1 Å². The lowest BCUT2D eigenvalue weighted by molar-refractivity contribution is -0.119. The first-order chi connectivity index (χ1) is 16.7. The largest absolute Gasteiger partial charge is 0.471 e. The molecule has 8 heteroatoms. The fourth-order valence-electron chi connectivity index (χ4n) is 5.25. The van der Waals surface area contributed by atoms with Crippen molar-refractivity contribution in [2.24, 2.45) is 11.8 Å². The third kappa shape index (κ3) is 8.09. The van der Waals surface area contributed by atoms with E-state index in [-0.39, 0.29) is 11.7 Å². The number of aryl methyl sites for hydroxylation is 1. The van der Waals surface area contributed by atoms with E-state index < -0.39 is 12.5 Å². The highest BCUT2D eigenvalue weighted by Crippen LogP contribution is 2.33. The van der Waals surface area contributed by atoms with Gasteiger partial charge in [-0.2, -0.15) is 0 Å². The summed E-state index contributed by atoms with van der Waals surface area (Å²) in [6, 6.07) is 3.68. The van der Waals surface area contributed by atoms with Gasteiger partial charge in [-0.15, -0.1) is 0 Å². The number of rotatable bonds is 10. The fourth-order valence-corrected chi connectivity index (χ4v) is 5.25. The van der Waals surface area contributed by atoms with E-state index in [1.54, 1.807) is 12.3 Å². The van der Waals surface area contributed by atoms with Gasteiger partial charge in [-0.05, 0) is 56.6 Å². The molecule has 0 bridgehead atoms. The van der Waals surface area contributed by atoms with Gasteiger partial charge in [-0.25, -0.2) is 18.7 Å². The Kier molecular flexibility index (Phi) is 8.52. The van der Waals surface area contributed by atoms with E-state index in [4.69, 9.17) is 9.15 Å². The molecule has 0 saturated heterocycles. The van der Waals surface area contributed by atoms with Crippen LogP contribution in [0.1, 0.15) is 68.4 Å². The molecule has 1 aliphatic heterocycles. The molecule has 2 aromatic rings. The second-order valence-corrected chi connectivity index (χ2v) is 10.4. The molecule has 2 aromatic heterocycles. The molecule has 0 spiro atoms. The number of pyridine rings is 1. The smallest absolute Gasteiger partial charge is 0.278 e. The van der Waals surface area contributed by atoms with E-state index in [0.717, 1.165) is 69.6 Å². The number of nitrogens with zero attached hydrogens (tertiary/aromatic N) is 3. The first-order valence-electron chi connectivity index (χ1n) is 12.9. The predicted octanol–water partition coefficient (Wildman–Crippen LogP) is 5.21. The van der Waals surface area contributed by atoms with E-state index in [9.17, 15) is 13.6 Å². The van der Waals surface area contributed by atoms with Crippen LogP contribution >= 0.6 is 0 Å². The van der Waals surface area contributed by atoms with Gasteiger partial charge in [0.2, 0.25) is 11.8 Å². The molecule has 4 rings (SSSR count). The topological polar surface area (TPSA) is 68.5 Å². The molecule has 192 valence electrons. The maximum Gasteiger partial charge on any atom is 0.278 e. The van der Waals surface area contributed by atoms with Crippen LogP contribution in [0.15, 0.2) is 22.7 Å². The molecule has 1 aliphatic carbocycles. The minimum Gasteiger partial charge on any atom is -0.471 e. The minimum absolute atomic E-state index is 0.227. The average molecular weight is 490 g/mol. The van der Waals surface area contributed by atoms with Crippen molar-refractivity contribution in [1.82, 2.24) is 14.9 Å². The van der Waals surface area contributed by atoms with Crippen molar-refractivity contribution < 1.29 is 22.7 Å². The molecular weight excluding hydrogens is 452 g/mol. The van der Waals surface area contributed by atoms with Gasteiger partial charge in [0.25, 0.3) is 5.92 Å². The first kappa shape index (κ1) is 25.7. The quantitative estimate of drug-likeness (QED) is 0.456. The Bertz CT molecular complexity index is 980. The molecule has 0 unspecified atom stereocenters. The number of ether oxygens (including phenoxy) is 1. The SMILES string of the molecule is Cc1cnc(CC(=O)CC2CCC(CCN3CCc4ccc(OCC(C)(F)F)nc4CC3)CC2)o1. The number of carbonyl (C=O) groups is 1. The Labute approximate surface area is 206 Å². The van der Waals surface area contributed by atoms with Crippen molar-refractivity contribution in [2.45, 2.75) is 77.6 Å². The van der Waals surface area contributed by atoms with Crippen molar-refractivity contribution in [3.8, 4) is 5.88 Å². The summed E-state index contributed by atoms with van der Waals surface area (Å²) in [7, 11) is 0. The summed E-state index contributed by atoms with van der Waals surface area (Å²) in [5, 5.41) is 0. The molecule has 0 aromatic carbocycles. The third-order valence-corrected chi connectivity index (χ3v) is 7.23. The number of Topliss-reactive ketones (excluding diaryl/α,β-unsaturated/α-hetero) is 1. The normalized spacial score (nSPS) is 21.4. The number of carbonyl (C=O) groups excluding carboxylic acids is 1. The van der Waals surface area contributed by atoms with Crippen molar-refractivity contribution in [3.63, 3.8) is 0 Å². The molecule has 1 saturated carbocycles. The minimum atomic E-state index is -2.86. The third-order valence-electron chi connectivity index (χ3n) is 7.23. The second kappa shape index (κ2) is 11.6. The standard InChI is InChI=1S/C27H37F2N3O3/c1-19-17-30-26(35-19)16-23(33)15-21-5-3-20(4-6-21)9-12-32-13-10-22-7-8-25(31-24(22)11-14-32)34-18-27(2,28)29/h7-8,17,20-21H,3-6,9-16,18H2,1-2H3. The monoisotopic (exact) mass is 489 g/mol. The van der Waals surface area contributed by atoms with Gasteiger partial charge < -0.3 is 14.1 Å². The summed E-state index contributed by atoms with van der Waals surface area (Å²) in [5.74, 6) is 0.122. The lowest BCUT2D eigenvalue weighted by Crippen LogP contribution is -2.29. The van der Waals surface area contributed by atoms with E-state index in [2.05, 4.69) is 14.9 Å². The zero-order valence-electron chi connectivity index (χ0n) is 20.9. The van der Waals surface area contributed by atoms with Crippen LogP contribution in [0, 0.1) is 18.8 Å². The van der Waals surface area contributed by atoms with Crippen LogP contribution in [0.25, 0.3) is 0 Å². The van der Waals surface area contributed by atoms with Gasteiger partial charge in [0, 0.05) is 44.6 Å².